The van der Waals surface area contributed by atoms with E-state index in [-0.39, 0.29) is 11.7 Å². The lowest BCUT2D eigenvalue weighted by Gasteiger charge is -2.03. The second kappa shape index (κ2) is 3.14. The van der Waals surface area contributed by atoms with Gasteiger partial charge in [-0.3, -0.25) is 19.3 Å². The average molecular weight is 189 g/mol. The maximum atomic E-state index is 11.1. The quantitative estimate of drug-likeness (QED) is 0.669. The molecular formula is C6H7NO4S. The van der Waals surface area contributed by atoms with Crippen LogP contribution in [0.4, 0.5) is 4.79 Å². The van der Waals surface area contributed by atoms with Crippen molar-refractivity contribution in [2.24, 2.45) is 0 Å². The van der Waals surface area contributed by atoms with Crippen molar-refractivity contribution >= 4 is 28.9 Å². The van der Waals surface area contributed by atoms with Gasteiger partial charge in [-0.25, -0.2) is 0 Å². The number of carbonyl (C=O) groups excluding carboxylic acids is 2. The summed E-state index contributed by atoms with van der Waals surface area (Å²) in [5.41, 5.74) is 0. The first-order valence-electron chi connectivity index (χ1n) is 3.22. The summed E-state index contributed by atoms with van der Waals surface area (Å²) in [5.74, 6) is -1.49. The van der Waals surface area contributed by atoms with E-state index in [0.29, 0.717) is 0 Å². The van der Waals surface area contributed by atoms with Crippen LogP contribution in [0.1, 0.15) is 6.42 Å². The van der Waals surface area contributed by atoms with Crippen LogP contribution in [0, 0.1) is 0 Å². The number of carboxylic acid groups (broad SMARTS) is 1. The number of carbonyl (C=O) groups is 3. The topological polar surface area (TPSA) is 74.7 Å². The van der Waals surface area contributed by atoms with E-state index >= 15 is 0 Å². The Morgan fingerprint density at radius 1 is 1.67 bits per heavy atom. The van der Waals surface area contributed by atoms with Gasteiger partial charge in [0.25, 0.3) is 5.24 Å². The zero-order chi connectivity index (χ0) is 9.30. The third-order valence-corrected chi connectivity index (χ3v) is 2.61. The molecule has 66 valence electrons. The monoisotopic (exact) mass is 189 g/mol. The third kappa shape index (κ3) is 1.58. The lowest BCUT2D eigenvalue weighted by Crippen LogP contribution is -2.28. The normalized spacial score (nSPS) is 23.4. The number of carboxylic acids is 1. The molecule has 1 aliphatic rings. The lowest BCUT2D eigenvalue weighted by atomic mass is 10.3. The SMILES string of the molecule is CN1C(=O)S[C@@H](CC(=O)O)C1=O. The van der Waals surface area contributed by atoms with Gasteiger partial charge in [0.2, 0.25) is 5.91 Å². The van der Waals surface area contributed by atoms with Crippen molar-refractivity contribution in [3.63, 3.8) is 0 Å². The van der Waals surface area contributed by atoms with Gasteiger partial charge in [0.15, 0.2) is 0 Å². The molecule has 0 aromatic carbocycles. The summed E-state index contributed by atoms with van der Waals surface area (Å²) in [4.78, 5) is 33.1. The minimum absolute atomic E-state index is 0.292. The molecule has 0 bridgehead atoms. The fourth-order valence-corrected chi connectivity index (χ4v) is 1.82. The molecule has 1 saturated heterocycles. The minimum atomic E-state index is -1.07. The van der Waals surface area contributed by atoms with Crippen LogP contribution in [0.25, 0.3) is 0 Å². The van der Waals surface area contributed by atoms with Crippen molar-refractivity contribution in [2.45, 2.75) is 11.7 Å². The van der Waals surface area contributed by atoms with Crippen molar-refractivity contribution in [3.8, 4) is 0 Å². The number of aliphatic carboxylic acids is 1. The van der Waals surface area contributed by atoms with Gasteiger partial charge in [0.1, 0.15) is 5.25 Å². The first-order valence-corrected chi connectivity index (χ1v) is 4.10. The fourth-order valence-electron chi connectivity index (χ4n) is 0.845. The van der Waals surface area contributed by atoms with Crippen molar-refractivity contribution in [1.29, 1.82) is 0 Å². The summed E-state index contributed by atoms with van der Waals surface area (Å²) < 4.78 is 0. The van der Waals surface area contributed by atoms with E-state index in [1.807, 2.05) is 0 Å². The summed E-state index contributed by atoms with van der Waals surface area (Å²) in [6.07, 6.45) is -0.292. The first kappa shape index (κ1) is 9.05. The molecule has 1 rings (SSSR count). The van der Waals surface area contributed by atoms with Gasteiger partial charge in [-0.1, -0.05) is 11.8 Å². The molecule has 1 fully saturated rings. The molecule has 1 N–H and O–H groups in total. The predicted molar refractivity (Wildman–Crippen MR) is 41.8 cm³/mol. The Morgan fingerprint density at radius 3 is 2.58 bits per heavy atom. The minimum Gasteiger partial charge on any atom is -0.481 e. The highest BCUT2D eigenvalue weighted by atomic mass is 32.2. The smallest absolute Gasteiger partial charge is 0.305 e. The summed E-state index contributed by atoms with van der Waals surface area (Å²) >= 11 is 0.767. The number of hydrogen-bond donors (Lipinski definition) is 1. The number of thioether (sulfide) groups is 1. The molecule has 0 aromatic rings. The summed E-state index contributed by atoms with van der Waals surface area (Å²) in [5, 5.41) is 7.25. The zero-order valence-corrected chi connectivity index (χ0v) is 7.13. The average Bonchev–Trinajstić information content (AvgIpc) is 2.17. The number of amides is 2. The van der Waals surface area contributed by atoms with Crippen LogP contribution in [-0.4, -0.2) is 39.4 Å². The van der Waals surface area contributed by atoms with Crippen LogP contribution in [0.2, 0.25) is 0 Å². The number of imide groups is 1. The second-order valence-electron chi connectivity index (χ2n) is 2.37. The maximum Gasteiger partial charge on any atom is 0.305 e. The van der Waals surface area contributed by atoms with E-state index in [1.165, 1.54) is 7.05 Å². The van der Waals surface area contributed by atoms with Crippen LogP contribution in [-0.2, 0) is 9.59 Å². The molecule has 6 heteroatoms. The van der Waals surface area contributed by atoms with Gasteiger partial charge in [-0.15, -0.1) is 0 Å². The molecule has 0 unspecified atom stereocenters. The highest BCUT2D eigenvalue weighted by Crippen LogP contribution is 2.27. The van der Waals surface area contributed by atoms with Gasteiger partial charge < -0.3 is 5.11 Å². The Labute approximate surface area is 72.7 Å². The van der Waals surface area contributed by atoms with E-state index < -0.39 is 17.1 Å². The van der Waals surface area contributed by atoms with E-state index in [4.69, 9.17) is 5.11 Å². The molecule has 5 nitrogen and oxygen atoms in total. The Balaban J connectivity index is 2.65. The summed E-state index contributed by atoms with van der Waals surface area (Å²) in [6.45, 7) is 0. The van der Waals surface area contributed by atoms with E-state index in [0.717, 1.165) is 16.7 Å². The maximum absolute atomic E-state index is 11.1. The second-order valence-corrected chi connectivity index (χ2v) is 3.52. The summed E-state index contributed by atoms with van der Waals surface area (Å²) in [7, 11) is 1.35. The van der Waals surface area contributed by atoms with Crippen molar-refractivity contribution in [2.75, 3.05) is 7.05 Å². The molecule has 0 saturated carbocycles. The van der Waals surface area contributed by atoms with E-state index in [9.17, 15) is 14.4 Å². The molecule has 1 aliphatic heterocycles. The number of hydrogen-bond acceptors (Lipinski definition) is 4. The molecule has 0 aromatic heterocycles. The van der Waals surface area contributed by atoms with Gasteiger partial charge in [0.05, 0.1) is 6.42 Å². The Morgan fingerprint density at radius 2 is 2.25 bits per heavy atom. The van der Waals surface area contributed by atoms with Gasteiger partial charge in [-0.05, 0) is 0 Å². The standard InChI is InChI=1S/C6H7NO4S/c1-7-5(10)3(2-4(8)9)12-6(7)11/h3H,2H2,1H3,(H,8,9)/t3-/m0/s1. The molecule has 0 radical (unpaired) electrons. The van der Waals surface area contributed by atoms with Gasteiger partial charge >= 0.3 is 5.97 Å². The highest BCUT2D eigenvalue weighted by Gasteiger charge is 2.38. The van der Waals surface area contributed by atoms with Gasteiger partial charge in [-0.2, -0.15) is 0 Å². The van der Waals surface area contributed by atoms with Crippen molar-refractivity contribution in [1.82, 2.24) is 4.90 Å². The molecule has 1 heterocycles. The zero-order valence-electron chi connectivity index (χ0n) is 6.31. The highest BCUT2D eigenvalue weighted by molar-refractivity contribution is 8.15. The largest absolute Gasteiger partial charge is 0.481 e. The predicted octanol–water partition coefficient (Wildman–Crippen LogP) is 0.155. The summed E-state index contributed by atoms with van der Waals surface area (Å²) in [6, 6.07) is 0. The van der Waals surface area contributed by atoms with E-state index in [1.54, 1.807) is 0 Å². The first-order chi connectivity index (χ1) is 5.52. The van der Waals surface area contributed by atoms with Crippen molar-refractivity contribution < 1.29 is 19.5 Å². The van der Waals surface area contributed by atoms with Crippen LogP contribution in [0.5, 0.6) is 0 Å². The number of nitrogens with zero attached hydrogens (tertiary/aromatic N) is 1. The molecule has 12 heavy (non-hydrogen) atoms. The molecule has 1 atom stereocenters. The Kier molecular flexibility index (Phi) is 2.37. The molecule has 2 amide bonds. The Bertz CT molecular complexity index is 250. The third-order valence-electron chi connectivity index (χ3n) is 1.48. The molecule has 0 aliphatic carbocycles. The van der Waals surface area contributed by atoms with Crippen LogP contribution < -0.4 is 0 Å². The number of rotatable bonds is 2. The Hall–Kier alpha value is -1.04. The van der Waals surface area contributed by atoms with Crippen LogP contribution in [0.15, 0.2) is 0 Å². The van der Waals surface area contributed by atoms with Crippen LogP contribution >= 0.6 is 11.8 Å². The van der Waals surface area contributed by atoms with Crippen molar-refractivity contribution in [3.05, 3.63) is 0 Å². The molecular weight excluding hydrogens is 182 g/mol. The van der Waals surface area contributed by atoms with Gasteiger partial charge in [0, 0.05) is 7.05 Å². The fraction of sp³-hybridized carbons (Fsp3) is 0.500. The van der Waals surface area contributed by atoms with E-state index in [2.05, 4.69) is 0 Å². The lowest BCUT2D eigenvalue weighted by molar-refractivity contribution is -0.139. The molecule has 0 spiro atoms. The van der Waals surface area contributed by atoms with Crippen LogP contribution in [0.3, 0.4) is 0 Å².